The van der Waals surface area contributed by atoms with Gasteiger partial charge >= 0.3 is 0 Å². The average molecular weight is 288 g/mol. The highest BCUT2D eigenvalue weighted by atomic mass is 32.1. The van der Waals surface area contributed by atoms with Crippen molar-refractivity contribution in [2.24, 2.45) is 0 Å². The van der Waals surface area contributed by atoms with Crippen molar-refractivity contribution in [3.63, 3.8) is 0 Å². The van der Waals surface area contributed by atoms with Crippen LogP contribution in [0.5, 0.6) is 0 Å². The van der Waals surface area contributed by atoms with Gasteiger partial charge in [-0.3, -0.25) is 4.79 Å². The van der Waals surface area contributed by atoms with E-state index < -0.39 is 0 Å². The van der Waals surface area contributed by atoms with E-state index in [0.29, 0.717) is 6.61 Å². The fourth-order valence-electron chi connectivity index (χ4n) is 2.26. The summed E-state index contributed by atoms with van der Waals surface area (Å²) in [7, 11) is 0. The standard InChI is InChI=1S/C15H16N2O2S/c1-10-16-13(9-20-10)11-4-2-5-12(8-11)17-15(18)14-6-3-7-19-14/h2,4-5,8-9,14H,3,6-7H2,1H3,(H,17,18)/t14-/m1/s1. The quantitative estimate of drug-likeness (QED) is 0.943. The van der Waals surface area contributed by atoms with Crippen LogP contribution in [0.25, 0.3) is 11.3 Å². The van der Waals surface area contributed by atoms with E-state index in [0.717, 1.165) is 34.8 Å². The number of benzene rings is 1. The van der Waals surface area contributed by atoms with Crippen LogP contribution in [0.4, 0.5) is 5.69 Å². The lowest BCUT2D eigenvalue weighted by Gasteiger charge is -2.11. The van der Waals surface area contributed by atoms with Crippen LogP contribution in [0.1, 0.15) is 17.8 Å². The van der Waals surface area contributed by atoms with Crippen LogP contribution in [-0.4, -0.2) is 23.6 Å². The molecule has 0 unspecified atom stereocenters. The number of aromatic nitrogens is 1. The minimum absolute atomic E-state index is 0.0610. The Bertz CT molecular complexity index is 618. The van der Waals surface area contributed by atoms with Crippen LogP contribution in [-0.2, 0) is 9.53 Å². The van der Waals surface area contributed by atoms with Crippen LogP contribution < -0.4 is 5.32 Å². The maximum atomic E-state index is 12.0. The van der Waals surface area contributed by atoms with E-state index in [1.54, 1.807) is 11.3 Å². The van der Waals surface area contributed by atoms with Crippen molar-refractivity contribution < 1.29 is 9.53 Å². The highest BCUT2D eigenvalue weighted by Crippen LogP contribution is 2.24. The summed E-state index contributed by atoms with van der Waals surface area (Å²) < 4.78 is 5.38. The van der Waals surface area contributed by atoms with E-state index >= 15 is 0 Å². The number of ether oxygens (including phenoxy) is 1. The number of aryl methyl sites for hydroxylation is 1. The minimum Gasteiger partial charge on any atom is -0.368 e. The van der Waals surface area contributed by atoms with E-state index in [2.05, 4.69) is 10.3 Å². The van der Waals surface area contributed by atoms with E-state index in [9.17, 15) is 4.79 Å². The molecular formula is C15H16N2O2S. The van der Waals surface area contributed by atoms with Gasteiger partial charge in [0.1, 0.15) is 6.10 Å². The molecule has 0 spiro atoms. The Morgan fingerprint density at radius 2 is 2.40 bits per heavy atom. The van der Waals surface area contributed by atoms with Gasteiger partial charge in [0, 0.05) is 23.2 Å². The Balaban J connectivity index is 1.75. The van der Waals surface area contributed by atoms with Gasteiger partial charge in [-0.25, -0.2) is 4.98 Å². The molecule has 2 heterocycles. The summed E-state index contributed by atoms with van der Waals surface area (Å²) in [6.45, 7) is 2.66. The fourth-order valence-corrected chi connectivity index (χ4v) is 2.88. The predicted octanol–water partition coefficient (Wildman–Crippen LogP) is 3.24. The summed E-state index contributed by atoms with van der Waals surface area (Å²) in [5.41, 5.74) is 2.74. The molecule has 1 aliphatic heterocycles. The Hall–Kier alpha value is -1.72. The lowest BCUT2D eigenvalue weighted by molar-refractivity contribution is -0.124. The second-order valence-electron chi connectivity index (χ2n) is 4.82. The van der Waals surface area contributed by atoms with E-state index in [-0.39, 0.29) is 12.0 Å². The molecule has 20 heavy (non-hydrogen) atoms. The molecule has 3 rings (SSSR count). The average Bonchev–Trinajstić information content (AvgIpc) is 3.10. The normalized spacial score (nSPS) is 18.1. The first-order valence-corrected chi connectivity index (χ1v) is 7.55. The molecule has 104 valence electrons. The first kappa shape index (κ1) is 13.3. The SMILES string of the molecule is Cc1nc(-c2cccc(NC(=O)[C@H]3CCCO3)c2)cs1. The number of amides is 1. The third-order valence-corrected chi connectivity index (χ3v) is 4.04. The van der Waals surface area contributed by atoms with Gasteiger partial charge in [-0.1, -0.05) is 12.1 Å². The Morgan fingerprint density at radius 1 is 1.50 bits per heavy atom. The van der Waals surface area contributed by atoms with Crippen molar-refractivity contribution in [2.75, 3.05) is 11.9 Å². The first-order chi connectivity index (χ1) is 9.72. The van der Waals surface area contributed by atoms with Crippen molar-refractivity contribution in [1.82, 2.24) is 4.98 Å². The molecule has 1 N–H and O–H groups in total. The van der Waals surface area contributed by atoms with E-state index in [4.69, 9.17) is 4.74 Å². The Kier molecular flexibility index (Phi) is 3.80. The van der Waals surface area contributed by atoms with Crippen molar-refractivity contribution in [1.29, 1.82) is 0 Å². The zero-order valence-corrected chi connectivity index (χ0v) is 12.1. The summed E-state index contributed by atoms with van der Waals surface area (Å²) in [5, 5.41) is 5.97. The number of rotatable bonds is 3. The number of hydrogen-bond donors (Lipinski definition) is 1. The van der Waals surface area contributed by atoms with Crippen molar-refractivity contribution in [2.45, 2.75) is 25.9 Å². The van der Waals surface area contributed by atoms with Crippen LogP contribution in [0.3, 0.4) is 0 Å². The Morgan fingerprint density at radius 3 is 3.10 bits per heavy atom. The molecule has 1 amide bonds. The Labute approximate surface area is 121 Å². The van der Waals surface area contributed by atoms with Crippen LogP contribution in [0.2, 0.25) is 0 Å². The molecular weight excluding hydrogens is 272 g/mol. The van der Waals surface area contributed by atoms with E-state index in [1.807, 2.05) is 36.6 Å². The van der Waals surface area contributed by atoms with Gasteiger partial charge in [-0.05, 0) is 31.9 Å². The maximum Gasteiger partial charge on any atom is 0.253 e. The van der Waals surface area contributed by atoms with Crippen molar-refractivity contribution >= 4 is 22.9 Å². The largest absolute Gasteiger partial charge is 0.368 e. The van der Waals surface area contributed by atoms with Gasteiger partial charge in [-0.15, -0.1) is 11.3 Å². The molecule has 0 saturated carbocycles. The number of thiazole rings is 1. The molecule has 1 aliphatic rings. The summed E-state index contributed by atoms with van der Waals surface area (Å²) in [5.74, 6) is -0.0610. The minimum atomic E-state index is -0.305. The molecule has 1 aromatic carbocycles. The molecule has 1 aromatic heterocycles. The van der Waals surface area contributed by atoms with Gasteiger partial charge in [-0.2, -0.15) is 0 Å². The number of carbonyl (C=O) groups is 1. The van der Waals surface area contributed by atoms with Crippen molar-refractivity contribution in [3.05, 3.63) is 34.7 Å². The van der Waals surface area contributed by atoms with Gasteiger partial charge in [0.05, 0.1) is 10.7 Å². The summed E-state index contributed by atoms with van der Waals surface area (Å²) in [6, 6.07) is 7.75. The summed E-state index contributed by atoms with van der Waals surface area (Å²) in [6.07, 6.45) is 1.45. The molecule has 1 fully saturated rings. The molecule has 0 aliphatic carbocycles. The van der Waals surface area contributed by atoms with Gasteiger partial charge in [0.2, 0.25) is 0 Å². The maximum absolute atomic E-state index is 12.0. The summed E-state index contributed by atoms with van der Waals surface area (Å²) in [4.78, 5) is 16.5. The third kappa shape index (κ3) is 2.89. The lowest BCUT2D eigenvalue weighted by atomic mass is 10.1. The second-order valence-corrected chi connectivity index (χ2v) is 5.89. The van der Waals surface area contributed by atoms with Crippen molar-refractivity contribution in [3.8, 4) is 11.3 Å². The molecule has 0 radical (unpaired) electrons. The highest BCUT2D eigenvalue weighted by molar-refractivity contribution is 7.09. The van der Waals surface area contributed by atoms with Gasteiger partial charge in [0.15, 0.2) is 0 Å². The number of hydrogen-bond acceptors (Lipinski definition) is 4. The molecule has 1 saturated heterocycles. The van der Waals surface area contributed by atoms with Crippen LogP contribution in [0, 0.1) is 6.92 Å². The lowest BCUT2D eigenvalue weighted by Crippen LogP contribution is -2.26. The molecule has 4 nitrogen and oxygen atoms in total. The molecule has 1 atom stereocenters. The van der Waals surface area contributed by atoms with Gasteiger partial charge in [0.25, 0.3) is 5.91 Å². The van der Waals surface area contributed by atoms with Crippen LogP contribution in [0.15, 0.2) is 29.6 Å². The van der Waals surface area contributed by atoms with Gasteiger partial charge < -0.3 is 10.1 Å². The number of nitrogens with zero attached hydrogens (tertiary/aromatic N) is 1. The topological polar surface area (TPSA) is 51.2 Å². The number of carbonyl (C=O) groups excluding carboxylic acids is 1. The third-order valence-electron chi connectivity index (χ3n) is 3.27. The fraction of sp³-hybridized carbons (Fsp3) is 0.333. The number of anilines is 1. The monoisotopic (exact) mass is 288 g/mol. The molecule has 2 aromatic rings. The smallest absolute Gasteiger partial charge is 0.253 e. The predicted molar refractivity (Wildman–Crippen MR) is 79.9 cm³/mol. The molecule has 5 heteroatoms. The second kappa shape index (κ2) is 5.73. The number of nitrogens with one attached hydrogen (secondary N) is 1. The molecule has 0 bridgehead atoms. The zero-order chi connectivity index (χ0) is 13.9. The van der Waals surface area contributed by atoms with Crippen LogP contribution >= 0.6 is 11.3 Å². The zero-order valence-electron chi connectivity index (χ0n) is 11.3. The highest BCUT2D eigenvalue weighted by Gasteiger charge is 2.23. The first-order valence-electron chi connectivity index (χ1n) is 6.67. The van der Waals surface area contributed by atoms with E-state index in [1.165, 1.54) is 0 Å². The summed E-state index contributed by atoms with van der Waals surface area (Å²) >= 11 is 1.62.